The molecule has 3 rings (SSSR count). The van der Waals surface area contributed by atoms with Crippen LogP contribution in [0.2, 0.25) is 5.02 Å². The molecule has 2 N–H and O–H groups in total. The number of hydrogen-bond donors (Lipinski definition) is 2. The summed E-state index contributed by atoms with van der Waals surface area (Å²) < 4.78 is 0. The van der Waals surface area contributed by atoms with Gasteiger partial charge in [0.05, 0.1) is 32.2 Å². The highest BCUT2D eigenvalue weighted by molar-refractivity contribution is 6.30. The van der Waals surface area contributed by atoms with Gasteiger partial charge in [0.2, 0.25) is 5.95 Å². The Kier molecular flexibility index (Phi) is 5.83. The number of rotatable bonds is 5. The van der Waals surface area contributed by atoms with Crippen molar-refractivity contribution in [3.05, 3.63) is 53.3 Å². The van der Waals surface area contributed by atoms with E-state index in [1.165, 1.54) is 4.90 Å². The number of halogens is 1. The van der Waals surface area contributed by atoms with Crippen LogP contribution in [-0.4, -0.2) is 48.6 Å². The number of aromatic nitrogens is 2. The second kappa shape index (κ2) is 8.27. The monoisotopic (exact) mass is 360 g/mol. The molecule has 7 heteroatoms. The Morgan fingerprint density at radius 2 is 1.88 bits per heavy atom. The zero-order valence-electron chi connectivity index (χ0n) is 14.3. The Bertz CT molecular complexity index is 686. The lowest BCUT2D eigenvalue weighted by Gasteiger charge is -2.31. The molecule has 25 heavy (non-hydrogen) atoms. The van der Waals surface area contributed by atoms with Gasteiger partial charge in [0.15, 0.2) is 6.54 Å². The second-order valence-electron chi connectivity index (χ2n) is 6.30. The lowest BCUT2D eigenvalue weighted by atomic mass is 10.1. The van der Waals surface area contributed by atoms with Crippen LogP contribution in [0.15, 0.2) is 42.7 Å². The first-order chi connectivity index (χ1) is 12.1. The minimum absolute atomic E-state index is 0.0248. The van der Waals surface area contributed by atoms with E-state index >= 15 is 0 Å². The summed E-state index contributed by atoms with van der Waals surface area (Å²) in [4.78, 5) is 24.3. The molecule has 0 aliphatic carbocycles. The van der Waals surface area contributed by atoms with Crippen molar-refractivity contribution in [1.29, 1.82) is 0 Å². The summed E-state index contributed by atoms with van der Waals surface area (Å²) in [5, 5.41) is 3.77. The first-order valence-electron chi connectivity index (χ1n) is 8.52. The average molecular weight is 361 g/mol. The van der Waals surface area contributed by atoms with E-state index in [0.29, 0.717) is 11.6 Å². The van der Waals surface area contributed by atoms with E-state index in [0.717, 1.165) is 37.7 Å². The van der Waals surface area contributed by atoms with Crippen LogP contribution >= 0.6 is 11.6 Å². The van der Waals surface area contributed by atoms with Crippen LogP contribution in [0.5, 0.6) is 0 Å². The van der Waals surface area contributed by atoms with Gasteiger partial charge in [-0.25, -0.2) is 9.97 Å². The molecule has 1 atom stereocenters. The SMILES string of the molecule is C[C@@H](NC(=O)C[NH+]1CCN(c2ncccn2)CC1)c1ccc(Cl)cc1. The molecule has 6 nitrogen and oxygen atoms in total. The first kappa shape index (κ1) is 17.6. The smallest absolute Gasteiger partial charge is 0.275 e. The summed E-state index contributed by atoms with van der Waals surface area (Å²) in [5.74, 6) is 0.837. The molecule has 0 radical (unpaired) electrons. The van der Waals surface area contributed by atoms with Gasteiger partial charge in [0.1, 0.15) is 0 Å². The molecule has 1 aliphatic rings. The second-order valence-corrected chi connectivity index (χ2v) is 6.74. The molecule has 1 aliphatic heterocycles. The van der Waals surface area contributed by atoms with Crippen molar-refractivity contribution in [2.24, 2.45) is 0 Å². The highest BCUT2D eigenvalue weighted by atomic mass is 35.5. The van der Waals surface area contributed by atoms with Crippen LogP contribution in [0.25, 0.3) is 0 Å². The summed E-state index contributed by atoms with van der Waals surface area (Å²) in [6.07, 6.45) is 3.51. The molecule has 0 saturated carbocycles. The molecule has 1 amide bonds. The van der Waals surface area contributed by atoms with Crippen LogP contribution in [0.4, 0.5) is 5.95 Å². The zero-order valence-corrected chi connectivity index (χ0v) is 15.0. The van der Waals surface area contributed by atoms with E-state index in [9.17, 15) is 4.79 Å². The quantitative estimate of drug-likeness (QED) is 0.824. The Balaban J connectivity index is 1.45. The third kappa shape index (κ3) is 4.90. The van der Waals surface area contributed by atoms with Crippen molar-refractivity contribution in [1.82, 2.24) is 15.3 Å². The Morgan fingerprint density at radius 1 is 1.24 bits per heavy atom. The maximum Gasteiger partial charge on any atom is 0.275 e. The highest BCUT2D eigenvalue weighted by Crippen LogP contribution is 2.15. The van der Waals surface area contributed by atoms with E-state index in [1.807, 2.05) is 37.3 Å². The van der Waals surface area contributed by atoms with Gasteiger partial charge in [-0.2, -0.15) is 0 Å². The summed E-state index contributed by atoms with van der Waals surface area (Å²) in [7, 11) is 0. The molecule has 0 bridgehead atoms. The fourth-order valence-corrected chi connectivity index (χ4v) is 3.13. The van der Waals surface area contributed by atoms with Crippen molar-refractivity contribution in [2.75, 3.05) is 37.6 Å². The van der Waals surface area contributed by atoms with E-state index in [1.54, 1.807) is 12.4 Å². The number of quaternary nitrogens is 1. The van der Waals surface area contributed by atoms with Crippen LogP contribution in [-0.2, 0) is 4.79 Å². The maximum atomic E-state index is 12.3. The molecule has 1 aromatic heterocycles. The van der Waals surface area contributed by atoms with Crippen molar-refractivity contribution < 1.29 is 9.69 Å². The van der Waals surface area contributed by atoms with Crippen molar-refractivity contribution in [2.45, 2.75) is 13.0 Å². The van der Waals surface area contributed by atoms with Gasteiger partial charge in [-0.1, -0.05) is 23.7 Å². The fourth-order valence-electron chi connectivity index (χ4n) is 3.01. The molecule has 1 fully saturated rings. The lowest BCUT2D eigenvalue weighted by Crippen LogP contribution is -3.16. The van der Waals surface area contributed by atoms with Crippen molar-refractivity contribution in [3.8, 4) is 0 Å². The number of nitrogens with zero attached hydrogens (tertiary/aromatic N) is 3. The number of carbonyl (C=O) groups is 1. The minimum Gasteiger partial charge on any atom is -0.345 e. The Hall–Kier alpha value is -2.18. The molecule has 1 aromatic carbocycles. The van der Waals surface area contributed by atoms with Crippen LogP contribution in [0.3, 0.4) is 0 Å². The van der Waals surface area contributed by atoms with E-state index < -0.39 is 0 Å². The Morgan fingerprint density at radius 3 is 2.52 bits per heavy atom. The van der Waals surface area contributed by atoms with Crippen molar-refractivity contribution >= 4 is 23.5 Å². The molecule has 2 heterocycles. The lowest BCUT2D eigenvalue weighted by molar-refractivity contribution is -0.892. The van der Waals surface area contributed by atoms with E-state index in [4.69, 9.17) is 11.6 Å². The number of amides is 1. The van der Waals surface area contributed by atoms with Gasteiger partial charge in [0.25, 0.3) is 5.91 Å². The topological polar surface area (TPSA) is 62.6 Å². The number of nitrogens with one attached hydrogen (secondary N) is 2. The predicted molar refractivity (Wildman–Crippen MR) is 97.8 cm³/mol. The van der Waals surface area contributed by atoms with Gasteiger partial charge < -0.3 is 15.1 Å². The van der Waals surface area contributed by atoms with Gasteiger partial charge in [-0.05, 0) is 30.7 Å². The number of hydrogen-bond acceptors (Lipinski definition) is 4. The molecule has 132 valence electrons. The highest BCUT2D eigenvalue weighted by Gasteiger charge is 2.24. The van der Waals surface area contributed by atoms with Crippen LogP contribution in [0, 0.1) is 0 Å². The predicted octanol–water partition coefficient (Wildman–Crippen LogP) is 0.712. The third-order valence-electron chi connectivity index (χ3n) is 4.46. The number of anilines is 1. The van der Waals surface area contributed by atoms with Gasteiger partial charge >= 0.3 is 0 Å². The molecular weight excluding hydrogens is 338 g/mol. The Labute approximate surface area is 152 Å². The number of carbonyl (C=O) groups excluding carboxylic acids is 1. The van der Waals surface area contributed by atoms with Crippen LogP contribution < -0.4 is 15.1 Å². The average Bonchev–Trinajstić information content (AvgIpc) is 2.63. The summed E-state index contributed by atoms with van der Waals surface area (Å²) in [6.45, 7) is 6.00. The normalized spacial score (nSPS) is 16.5. The molecule has 1 saturated heterocycles. The van der Waals surface area contributed by atoms with Gasteiger partial charge in [-0.3, -0.25) is 4.79 Å². The fraction of sp³-hybridized carbons (Fsp3) is 0.389. The van der Waals surface area contributed by atoms with Gasteiger partial charge in [0, 0.05) is 17.4 Å². The third-order valence-corrected chi connectivity index (χ3v) is 4.72. The van der Waals surface area contributed by atoms with E-state index in [-0.39, 0.29) is 11.9 Å². The van der Waals surface area contributed by atoms with Crippen molar-refractivity contribution in [3.63, 3.8) is 0 Å². The molecule has 0 unspecified atom stereocenters. The first-order valence-corrected chi connectivity index (χ1v) is 8.90. The summed E-state index contributed by atoms with van der Waals surface area (Å²) in [5.41, 5.74) is 1.05. The zero-order chi connectivity index (χ0) is 17.6. The molecular formula is C18H23ClN5O+. The minimum atomic E-state index is -0.0248. The summed E-state index contributed by atoms with van der Waals surface area (Å²) >= 11 is 5.90. The van der Waals surface area contributed by atoms with Gasteiger partial charge in [-0.15, -0.1) is 0 Å². The molecule has 0 spiro atoms. The summed E-state index contributed by atoms with van der Waals surface area (Å²) in [6, 6.07) is 9.36. The maximum absolute atomic E-state index is 12.3. The largest absolute Gasteiger partial charge is 0.345 e. The molecule has 2 aromatic rings. The number of benzene rings is 1. The standard InChI is InChI=1S/C18H22ClN5O/c1-14(15-3-5-16(19)6-4-15)22-17(25)13-23-9-11-24(12-10-23)18-20-7-2-8-21-18/h2-8,14H,9-13H2,1H3,(H,22,25)/p+1/t14-/m1/s1. The number of piperazine rings is 1. The van der Waals surface area contributed by atoms with Crippen LogP contribution in [0.1, 0.15) is 18.5 Å². The van der Waals surface area contributed by atoms with E-state index in [2.05, 4.69) is 20.2 Å².